The Morgan fingerprint density at radius 3 is 1.91 bits per heavy atom. The second-order valence-electron chi connectivity index (χ2n) is 7.66. The third kappa shape index (κ3) is 9.17. The molecule has 32 heavy (non-hydrogen) atoms. The fraction of sp³-hybridized carbons (Fsp3) is 0.409. The van der Waals surface area contributed by atoms with Crippen LogP contribution >= 0.6 is 7.81 Å². The van der Waals surface area contributed by atoms with Gasteiger partial charge in [-0.2, -0.15) is 0 Å². The normalized spacial score (nSPS) is 17.0. The Morgan fingerprint density at radius 1 is 0.906 bits per heavy atom. The maximum atomic E-state index is 9.93. The van der Waals surface area contributed by atoms with Gasteiger partial charge in [0.25, 0.3) is 0 Å². The van der Waals surface area contributed by atoms with E-state index in [2.05, 4.69) is 72.1 Å². The first-order chi connectivity index (χ1) is 14.7. The molecule has 1 atom stereocenters. The quantitative estimate of drug-likeness (QED) is 0.272. The first-order valence-corrected chi connectivity index (χ1v) is 12.4. The molecule has 10 heteroatoms. The molecule has 1 heterocycles. The summed E-state index contributed by atoms with van der Waals surface area (Å²) in [6.45, 7) is 6.56. The SMILES string of the molecule is CCc1cccc(CC)c1N1C=[N+](C(CO)Cc2ccccc2)CC1.F[P-](F)(F)(F)(F)F. The van der Waals surface area contributed by atoms with E-state index in [1.807, 2.05) is 6.07 Å². The molecule has 3 rings (SSSR count). The van der Waals surface area contributed by atoms with Crippen molar-refractivity contribution < 1.29 is 34.9 Å². The summed E-state index contributed by atoms with van der Waals surface area (Å²) in [7, 11) is -10.7. The number of anilines is 1. The second kappa shape index (κ2) is 9.40. The zero-order chi connectivity index (χ0) is 24.1. The number of halogens is 6. The molecule has 3 nitrogen and oxygen atoms in total. The van der Waals surface area contributed by atoms with Crippen LogP contribution in [-0.2, 0) is 19.3 Å². The number of aryl methyl sites for hydroxylation is 2. The van der Waals surface area contributed by atoms with Crippen molar-refractivity contribution in [3.05, 3.63) is 65.2 Å². The topological polar surface area (TPSA) is 26.5 Å². The molecule has 0 aromatic heterocycles. The van der Waals surface area contributed by atoms with Gasteiger partial charge in [0, 0.05) is 6.42 Å². The third-order valence-corrected chi connectivity index (χ3v) is 5.13. The Labute approximate surface area is 184 Å². The van der Waals surface area contributed by atoms with Gasteiger partial charge in [-0.05, 0) is 29.5 Å². The van der Waals surface area contributed by atoms with Gasteiger partial charge in [0.1, 0.15) is 24.8 Å². The number of nitrogens with zero attached hydrogens (tertiary/aromatic N) is 2. The first-order valence-electron chi connectivity index (χ1n) is 10.4. The van der Waals surface area contributed by atoms with Gasteiger partial charge in [-0.25, -0.2) is 4.90 Å². The summed E-state index contributed by atoms with van der Waals surface area (Å²) in [5, 5.41) is 9.93. The number of para-hydroxylation sites is 1. The Balaban J connectivity index is 0.000000451. The van der Waals surface area contributed by atoms with E-state index in [9.17, 15) is 30.3 Å². The van der Waals surface area contributed by atoms with Gasteiger partial charge in [-0.3, -0.25) is 4.58 Å². The number of hydrogen-bond acceptors (Lipinski definition) is 2. The molecule has 0 saturated heterocycles. The summed E-state index contributed by atoms with van der Waals surface area (Å²) < 4.78 is 61.5. The van der Waals surface area contributed by atoms with Crippen molar-refractivity contribution >= 4 is 19.8 Å². The van der Waals surface area contributed by atoms with Crippen LogP contribution in [0, 0.1) is 0 Å². The number of aliphatic hydroxyl groups excluding tert-OH is 1. The molecule has 0 aliphatic carbocycles. The van der Waals surface area contributed by atoms with E-state index in [-0.39, 0.29) is 12.6 Å². The molecule has 2 aromatic carbocycles. The summed E-state index contributed by atoms with van der Waals surface area (Å²) in [6, 6.07) is 17.2. The monoisotopic (exact) mass is 482 g/mol. The number of benzene rings is 2. The van der Waals surface area contributed by atoms with Crippen molar-refractivity contribution in [3.63, 3.8) is 0 Å². The number of aliphatic hydroxyl groups is 1. The van der Waals surface area contributed by atoms with Crippen molar-refractivity contribution in [2.45, 2.75) is 39.2 Å². The molecule has 2 aromatic rings. The molecule has 0 radical (unpaired) electrons. The van der Waals surface area contributed by atoms with E-state index >= 15 is 0 Å². The Morgan fingerprint density at radius 2 is 1.44 bits per heavy atom. The molecule has 0 spiro atoms. The summed E-state index contributed by atoms with van der Waals surface area (Å²) in [5.74, 6) is 0. The maximum absolute atomic E-state index is 10.7. The molecular weight excluding hydrogens is 453 g/mol. The van der Waals surface area contributed by atoms with Crippen molar-refractivity contribution in [1.29, 1.82) is 0 Å². The van der Waals surface area contributed by atoms with Gasteiger partial charge in [-0.15, -0.1) is 0 Å². The number of rotatable bonds is 7. The van der Waals surface area contributed by atoms with Crippen LogP contribution in [0.5, 0.6) is 0 Å². The van der Waals surface area contributed by atoms with E-state index in [4.69, 9.17) is 0 Å². The van der Waals surface area contributed by atoms with Gasteiger partial charge in [0.2, 0.25) is 6.34 Å². The van der Waals surface area contributed by atoms with Gasteiger partial charge in [-0.1, -0.05) is 62.4 Å². The minimum atomic E-state index is -10.7. The van der Waals surface area contributed by atoms with Crippen LogP contribution in [0.1, 0.15) is 30.5 Å². The van der Waals surface area contributed by atoms with Crippen molar-refractivity contribution in [3.8, 4) is 0 Å². The third-order valence-electron chi connectivity index (χ3n) is 5.13. The molecule has 1 aliphatic heterocycles. The van der Waals surface area contributed by atoms with Crippen molar-refractivity contribution in [2.75, 3.05) is 24.6 Å². The average molecular weight is 482 g/mol. The molecule has 0 amide bonds. The van der Waals surface area contributed by atoms with Crippen LogP contribution in [0.15, 0.2) is 48.5 Å². The molecule has 1 unspecified atom stereocenters. The zero-order valence-corrected chi connectivity index (χ0v) is 19.0. The minimum absolute atomic E-state index is 0.131. The Kier molecular flexibility index (Phi) is 7.67. The summed E-state index contributed by atoms with van der Waals surface area (Å²) in [4.78, 5) is 2.38. The zero-order valence-electron chi connectivity index (χ0n) is 18.1. The molecule has 0 saturated carbocycles. The molecule has 180 valence electrons. The van der Waals surface area contributed by atoms with Gasteiger partial charge < -0.3 is 5.11 Å². The molecular formula is C22H29F6N2OP. The summed E-state index contributed by atoms with van der Waals surface area (Å²) in [5.41, 5.74) is 5.45. The van der Waals surface area contributed by atoms with E-state index in [1.165, 1.54) is 22.4 Å². The van der Waals surface area contributed by atoms with Crippen LogP contribution in [0.3, 0.4) is 0 Å². The van der Waals surface area contributed by atoms with Gasteiger partial charge in [0.05, 0.1) is 6.61 Å². The summed E-state index contributed by atoms with van der Waals surface area (Å²) >= 11 is 0. The van der Waals surface area contributed by atoms with Crippen LogP contribution in [-0.4, -0.2) is 41.8 Å². The fourth-order valence-electron chi connectivity index (χ4n) is 3.72. The summed E-state index contributed by atoms with van der Waals surface area (Å²) in [6.07, 6.45) is 5.18. The van der Waals surface area contributed by atoms with Gasteiger partial charge in [0.15, 0.2) is 0 Å². The predicted octanol–water partition coefficient (Wildman–Crippen LogP) is 6.66. The molecule has 1 N–H and O–H groups in total. The van der Waals surface area contributed by atoms with E-state index in [1.54, 1.807) is 0 Å². The molecule has 0 fully saturated rings. The Bertz CT molecular complexity index is 899. The van der Waals surface area contributed by atoms with Crippen LogP contribution in [0.2, 0.25) is 0 Å². The van der Waals surface area contributed by atoms with E-state index in [0.29, 0.717) is 0 Å². The van der Waals surface area contributed by atoms with Crippen LogP contribution in [0.4, 0.5) is 30.9 Å². The second-order valence-corrected chi connectivity index (χ2v) is 9.58. The van der Waals surface area contributed by atoms with E-state index in [0.717, 1.165) is 32.4 Å². The van der Waals surface area contributed by atoms with Crippen molar-refractivity contribution in [1.82, 2.24) is 0 Å². The number of hydrogen-bond donors (Lipinski definition) is 1. The Hall–Kier alpha value is -2.12. The molecule has 0 bridgehead atoms. The van der Waals surface area contributed by atoms with Crippen molar-refractivity contribution in [2.24, 2.45) is 0 Å². The fourth-order valence-corrected chi connectivity index (χ4v) is 3.72. The van der Waals surface area contributed by atoms with Crippen LogP contribution < -0.4 is 4.90 Å². The standard InChI is InChI=1S/C22H29N2O.F6P/c1-3-19-11-8-12-20(4-2)22(19)24-14-13-23(17-24)21(16-25)15-18-9-6-5-7-10-18;1-7(2,3,4,5)6/h5-12,17,21,25H,3-4,13-16H2,1-2H3;/q+1;-1. The molecule has 1 aliphatic rings. The first kappa shape index (κ1) is 26.1. The van der Waals surface area contributed by atoms with Crippen LogP contribution in [0.25, 0.3) is 0 Å². The predicted molar refractivity (Wildman–Crippen MR) is 118 cm³/mol. The van der Waals surface area contributed by atoms with Gasteiger partial charge >= 0.3 is 33.0 Å². The average Bonchev–Trinajstić information content (AvgIpc) is 3.19. The van der Waals surface area contributed by atoms with E-state index < -0.39 is 7.81 Å².